The van der Waals surface area contributed by atoms with Crippen LogP contribution in [0.2, 0.25) is 0 Å². The summed E-state index contributed by atoms with van der Waals surface area (Å²) in [6.45, 7) is 7.74. The van der Waals surface area contributed by atoms with E-state index in [1.54, 1.807) is 18.9 Å². The van der Waals surface area contributed by atoms with Crippen LogP contribution in [0.5, 0.6) is 5.75 Å². The number of sulfonamides is 1. The number of amides is 3. The summed E-state index contributed by atoms with van der Waals surface area (Å²) >= 11 is 0. The Labute approximate surface area is 215 Å². The summed E-state index contributed by atoms with van der Waals surface area (Å²) in [6, 6.07) is 2.71. The number of hydrogen-bond donors (Lipinski definition) is 2. The molecule has 37 heavy (non-hydrogen) atoms. The van der Waals surface area contributed by atoms with Gasteiger partial charge in [-0.1, -0.05) is 6.92 Å². The minimum atomic E-state index is -4.93. The third-order valence-corrected chi connectivity index (χ3v) is 7.00. The molecular weight excluding hydrogens is 517 g/mol. The Bertz CT molecular complexity index is 1070. The molecule has 0 bridgehead atoms. The Morgan fingerprint density at radius 3 is 2.46 bits per heavy atom. The van der Waals surface area contributed by atoms with Crippen molar-refractivity contribution < 1.29 is 40.7 Å². The lowest BCUT2D eigenvalue weighted by Gasteiger charge is -2.36. The van der Waals surface area contributed by atoms with Crippen molar-refractivity contribution in [3.05, 3.63) is 23.8 Å². The van der Waals surface area contributed by atoms with Gasteiger partial charge in [0.05, 0.1) is 23.4 Å². The van der Waals surface area contributed by atoms with E-state index in [1.165, 1.54) is 24.1 Å². The molecule has 0 aliphatic carbocycles. The highest BCUT2D eigenvalue weighted by molar-refractivity contribution is 7.92. The number of nitrogens with zero attached hydrogens (tertiary/aromatic N) is 2. The molecule has 14 heteroatoms. The highest BCUT2D eigenvalue weighted by Gasteiger charge is 2.35. The molecule has 0 aromatic heterocycles. The van der Waals surface area contributed by atoms with E-state index < -0.39 is 40.0 Å². The molecule has 10 nitrogen and oxygen atoms in total. The van der Waals surface area contributed by atoms with Crippen molar-refractivity contribution in [3.63, 3.8) is 0 Å². The van der Waals surface area contributed by atoms with E-state index in [4.69, 9.17) is 9.47 Å². The van der Waals surface area contributed by atoms with E-state index in [0.29, 0.717) is 6.54 Å². The van der Waals surface area contributed by atoms with Crippen molar-refractivity contribution in [2.75, 3.05) is 44.3 Å². The van der Waals surface area contributed by atoms with Crippen LogP contribution in [0, 0.1) is 5.92 Å². The van der Waals surface area contributed by atoms with E-state index in [-0.39, 0.29) is 48.1 Å². The number of benzene rings is 1. The van der Waals surface area contributed by atoms with E-state index in [2.05, 4.69) is 5.32 Å². The average molecular weight is 553 g/mol. The Balaban J connectivity index is 2.46. The normalized spacial score (nSPS) is 22.0. The average Bonchev–Trinajstić information content (AvgIpc) is 2.75. The summed E-state index contributed by atoms with van der Waals surface area (Å²) < 4.78 is 75.2. The fourth-order valence-corrected chi connectivity index (χ4v) is 4.87. The zero-order valence-corrected chi connectivity index (χ0v) is 22.6. The first-order chi connectivity index (χ1) is 17.0. The number of carbonyl (C=O) groups is 2. The Morgan fingerprint density at radius 1 is 1.24 bits per heavy atom. The molecule has 1 aromatic rings. The summed E-state index contributed by atoms with van der Waals surface area (Å²) in [5.41, 5.74) is -0.120. The first kappa shape index (κ1) is 30.5. The number of nitrogens with one attached hydrogen (secondary N) is 2. The molecular formula is C23H35F3N4O6S. The number of urea groups is 1. The number of alkyl halides is 3. The summed E-state index contributed by atoms with van der Waals surface area (Å²) in [7, 11) is -1.67. The second-order valence-corrected chi connectivity index (χ2v) is 11.3. The Kier molecular flexibility index (Phi) is 10.1. The van der Waals surface area contributed by atoms with Crippen LogP contribution in [-0.2, 0) is 14.8 Å². The maximum absolute atomic E-state index is 13.2. The quantitative estimate of drug-likeness (QED) is 0.580. The maximum Gasteiger partial charge on any atom is 0.404 e. The van der Waals surface area contributed by atoms with Gasteiger partial charge in [0.15, 0.2) is 5.75 Å². The van der Waals surface area contributed by atoms with Crippen LogP contribution < -0.4 is 14.8 Å². The number of ether oxygens (including phenoxy) is 2. The van der Waals surface area contributed by atoms with Crippen molar-refractivity contribution >= 4 is 27.6 Å². The highest BCUT2D eigenvalue weighted by atomic mass is 32.2. The van der Waals surface area contributed by atoms with Gasteiger partial charge in [-0.2, -0.15) is 13.2 Å². The van der Waals surface area contributed by atoms with Gasteiger partial charge in [0.25, 0.3) is 5.91 Å². The molecule has 2 N–H and O–H groups in total. The molecule has 0 unspecified atom stereocenters. The molecule has 3 atom stereocenters. The van der Waals surface area contributed by atoms with Gasteiger partial charge in [0, 0.05) is 45.3 Å². The van der Waals surface area contributed by atoms with Crippen molar-refractivity contribution in [3.8, 4) is 5.75 Å². The standard InChI is InChI=1S/C23H35F3N4O6S/c1-14(2)27-22(32)30-10-15(3)20(35-6)11-29(5)21(31)18-8-7-17(9-19(18)36-12-16(30)4)28-37(33,34)13-23(24,25)26/h7-9,14-16,20,28H,10-13H2,1-6H3,(H,27,32)/t15-,16+,20-/m1/s1. The summed E-state index contributed by atoms with van der Waals surface area (Å²) in [5, 5.41) is 2.85. The van der Waals surface area contributed by atoms with E-state index in [0.717, 1.165) is 6.07 Å². The summed E-state index contributed by atoms with van der Waals surface area (Å²) in [4.78, 5) is 29.2. The fourth-order valence-electron chi connectivity index (χ4n) is 3.88. The molecule has 0 spiro atoms. The van der Waals surface area contributed by atoms with E-state index in [1.807, 2.05) is 25.5 Å². The van der Waals surface area contributed by atoms with Gasteiger partial charge in [-0.05, 0) is 32.9 Å². The van der Waals surface area contributed by atoms with Crippen molar-refractivity contribution in [2.45, 2.75) is 52.1 Å². The number of anilines is 1. The van der Waals surface area contributed by atoms with Gasteiger partial charge in [0.1, 0.15) is 12.4 Å². The molecule has 1 aliphatic heterocycles. The first-order valence-electron chi connectivity index (χ1n) is 11.7. The van der Waals surface area contributed by atoms with Crippen LogP contribution in [-0.4, -0.2) is 94.1 Å². The highest BCUT2D eigenvalue weighted by Crippen LogP contribution is 2.28. The lowest BCUT2D eigenvalue weighted by atomic mass is 10.0. The number of fused-ring (bicyclic) bond motifs is 1. The Morgan fingerprint density at radius 2 is 1.89 bits per heavy atom. The number of carbonyl (C=O) groups excluding carboxylic acids is 2. The summed E-state index contributed by atoms with van der Waals surface area (Å²) in [5.74, 6) is -2.70. The smallest absolute Gasteiger partial charge is 0.404 e. The molecule has 210 valence electrons. The van der Waals surface area contributed by atoms with Crippen molar-refractivity contribution in [1.29, 1.82) is 0 Å². The first-order valence-corrected chi connectivity index (χ1v) is 13.4. The van der Waals surface area contributed by atoms with Gasteiger partial charge in [-0.15, -0.1) is 0 Å². The number of hydrogen-bond acceptors (Lipinski definition) is 6. The van der Waals surface area contributed by atoms with Gasteiger partial charge < -0.3 is 24.6 Å². The van der Waals surface area contributed by atoms with Gasteiger partial charge in [0.2, 0.25) is 10.0 Å². The van der Waals surface area contributed by atoms with Crippen molar-refractivity contribution in [2.24, 2.45) is 5.92 Å². The molecule has 1 aliphatic rings. The monoisotopic (exact) mass is 552 g/mol. The van der Waals surface area contributed by atoms with Crippen LogP contribution in [0.3, 0.4) is 0 Å². The minimum absolute atomic E-state index is 0.0392. The molecule has 1 aromatic carbocycles. The summed E-state index contributed by atoms with van der Waals surface area (Å²) in [6.07, 6.45) is -5.34. The van der Waals surface area contributed by atoms with Crippen LogP contribution in [0.1, 0.15) is 38.1 Å². The third kappa shape index (κ3) is 8.95. The number of rotatable bonds is 5. The zero-order chi connectivity index (χ0) is 28.1. The Hall–Kier alpha value is -2.74. The van der Waals surface area contributed by atoms with Crippen LogP contribution in [0.25, 0.3) is 0 Å². The van der Waals surface area contributed by atoms with Gasteiger partial charge >= 0.3 is 12.2 Å². The van der Waals surface area contributed by atoms with Crippen LogP contribution in [0.15, 0.2) is 18.2 Å². The maximum atomic E-state index is 13.2. The number of halogens is 3. The molecule has 3 amide bonds. The largest absolute Gasteiger partial charge is 0.491 e. The fraction of sp³-hybridized carbons (Fsp3) is 0.652. The molecule has 1 heterocycles. The molecule has 0 saturated carbocycles. The predicted octanol–water partition coefficient (Wildman–Crippen LogP) is 2.91. The molecule has 2 rings (SSSR count). The van der Waals surface area contributed by atoms with Gasteiger partial charge in [-0.3, -0.25) is 9.52 Å². The second kappa shape index (κ2) is 12.2. The van der Waals surface area contributed by atoms with Crippen LogP contribution >= 0.6 is 0 Å². The predicted molar refractivity (Wildman–Crippen MR) is 132 cm³/mol. The minimum Gasteiger partial charge on any atom is -0.491 e. The van der Waals surface area contributed by atoms with E-state index >= 15 is 0 Å². The lowest BCUT2D eigenvalue weighted by Crippen LogP contribution is -2.52. The molecule has 0 radical (unpaired) electrons. The molecule has 0 fully saturated rings. The number of likely N-dealkylation sites (N-methyl/N-ethyl adjacent to an activating group) is 1. The SMILES string of the molecule is CO[C@@H]1CN(C)C(=O)c2ccc(NS(=O)(=O)CC(F)(F)F)cc2OC[C@H](C)N(C(=O)NC(C)C)C[C@H]1C. The van der Waals surface area contributed by atoms with Crippen molar-refractivity contribution in [1.82, 2.24) is 15.1 Å². The topological polar surface area (TPSA) is 117 Å². The van der Waals surface area contributed by atoms with Crippen LogP contribution in [0.4, 0.5) is 23.7 Å². The molecule has 0 saturated heterocycles. The third-order valence-electron chi connectivity index (χ3n) is 5.75. The second-order valence-electron chi connectivity index (χ2n) is 9.54. The zero-order valence-electron chi connectivity index (χ0n) is 21.8. The number of methoxy groups -OCH3 is 1. The van der Waals surface area contributed by atoms with E-state index in [9.17, 15) is 31.2 Å². The lowest BCUT2D eigenvalue weighted by molar-refractivity contribution is -0.106. The van der Waals surface area contributed by atoms with Gasteiger partial charge in [-0.25, -0.2) is 13.2 Å².